The van der Waals surface area contributed by atoms with Gasteiger partial charge in [-0.25, -0.2) is 9.78 Å². The Morgan fingerprint density at radius 2 is 2.19 bits per heavy atom. The lowest BCUT2D eigenvalue weighted by Gasteiger charge is -2.28. The van der Waals surface area contributed by atoms with Crippen molar-refractivity contribution in [3.05, 3.63) is 52.9 Å². The second-order valence-electron chi connectivity index (χ2n) is 5.75. The van der Waals surface area contributed by atoms with Crippen LogP contribution in [0.2, 0.25) is 0 Å². The fourth-order valence-electron chi connectivity index (χ4n) is 2.64. The molecular formula is C17H18N6O3S. The Kier molecular flexibility index (Phi) is 5.77. The first-order chi connectivity index (χ1) is 13.0. The van der Waals surface area contributed by atoms with E-state index < -0.39 is 6.04 Å². The average Bonchev–Trinajstić information content (AvgIpc) is 3.14. The van der Waals surface area contributed by atoms with Gasteiger partial charge in [0.2, 0.25) is 5.91 Å². The molecule has 4 amide bonds. The number of thiazole rings is 1. The third kappa shape index (κ3) is 4.67. The van der Waals surface area contributed by atoms with Crippen molar-refractivity contribution in [1.82, 2.24) is 25.9 Å². The Morgan fingerprint density at radius 3 is 2.89 bits per heavy atom. The van der Waals surface area contributed by atoms with E-state index in [0.717, 1.165) is 0 Å². The van der Waals surface area contributed by atoms with Crippen LogP contribution in [0.5, 0.6) is 0 Å². The molecule has 0 radical (unpaired) electrons. The van der Waals surface area contributed by atoms with E-state index in [9.17, 15) is 14.4 Å². The maximum atomic E-state index is 12.7. The van der Waals surface area contributed by atoms with E-state index in [2.05, 4.69) is 31.2 Å². The zero-order valence-electron chi connectivity index (χ0n) is 14.5. The van der Waals surface area contributed by atoms with Gasteiger partial charge in [0.25, 0.3) is 5.91 Å². The highest BCUT2D eigenvalue weighted by molar-refractivity contribution is 7.13. The molecule has 4 N–H and O–H groups in total. The topological polar surface area (TPSA) is 125 Å². The molecule has 0 unspecified atom stereocenters. The van der Waals surface area contributed by atoms with Crippen LogP contribution in [0.25, 0.3) is 0 Å². The monoisotopic (exact) mass is 386 g/mol. The van der Waals surface area contributed by atoms with Gasteiger partial charge >= 0.3 is 6.03 Å². The molecule has 1 aliphatic rings. The highest BCUT2D eigenvalue weighted by Crippen LogP contribution is 2.25. The van der Waals surface area contributed by atoms with Gasteiger partial charge in [-0.3, -0.25) is 14.6 Å². The summed E-state index contributed by atoms with van der Waals surface area (Å²) in [5.74, 6) is -0.606. The van der Waals surface area contributed by atoms with Gasteiger partial charge in [-0.2, -0.15) is 0 Å². The molecule has 3 heterocycles. The van der Waals surface area contributed by atoms with Crippen LogP contribution in [0.4, 0.5) is 9.93 Å². The van der Waals surface area contributed by atoms with E-state index in [-0.39, 0.29) is 30.8 Å². The lowest BCUT2D eigenvalue weighted by atomic mass is 9.96. The molecule has 0 spiro atoms. The van der Waals surface area contributed by atoms with E-state index in [1.54, 1.807) is 43.0 Å². The lowest BCUT2D eigenvalue weighted by molar-refractivity contribution is -0.118. The van der Waals surface area contributed by atoms with Crippen molar-refractivity contribution in [1.29, 1.82) is 0 Å². The zero-order chi connectivity index (χ0) is 19.2. The van der Waals surface area contributed by atoms with Gasteiger partial charge in [0.15, 0.2) is 5.13 Å². The van der Waals surface area contributed by atoms with Gasteiger partial charge in [0.1, 0.15) is 0 Å². The molecule has 1 atom stereocenters. The summed E-state index contributed by atoms with van der Waals surface area (Å²) in [6.07, 6.45) is 4.91. The predicted octanol–water partition coefficient (Wildman–Crippen LogP) is 1.31. The Balaban J connectivity index is 1.63. The summed E-state index contributed by atoms with van der Waals surface area (Å²) in [5, 5.41) is 13.0. The summed E-state index contributed by atoms with van der Waals surface area (Å²) in [6.45, 7) is 1.81. The normalized spacial score (nSPS) is 16.3. The third-order valence-corrected chi connectivity index (χ3v) is 4.54. The van der Waals surface area contributed by atoms with E-state index in [0.29, 0.717) is 22.0 Å². The number of hydrogen-bond acceptors (Lipinski definition) is 6. The number of amides is 4. The Hall–Kier alpha value is -3.27. The number of nitrogens with zero attached hydrogens (tertiary/aromatic N) is 2. The second kappa shape index (κ2) is 8.41. The summed E-state index contributed by atoms with van der Waals surface area (Å²) in [7, 11) is 0. The number of anilines is 1. The molecule has 0 saturated heterocycles. The van der Waals surface area contributed by atoms with Crippen molar-refractivity contribution < 1.29 is 14.4 Å². The molecule has 140 valence electrons. The summed E-state index contributed by atoms with van der Waals surface area (Å²) in [5.41, 5.74) is 1.53. The van der Waals surface area contributed by atoms with Crippen molar-refractivity contribution in [2.45, 2.75) is 19.4 Å². The minimum Gasteiger partial charge on any atom is -0.352 e. The first kappa shape index (κ1) is 18.5. The van der Waals surface area contributed by atoms with Crippen LogP contribution in [0.15, 0.2) is 47.4 Å². The van der Waals surface area contributed by atoms with Crippen molar-refractivity contribution in [2.24, 2.45) is 0 Å². The number of pyridine rings is 1. The molecule has 27 heavy (non-hydrogen) atoms. The number of carbonyl (C=O) groups excluding carboxylic acids is 3. The molecule has 9 nitrogen and oxygen atoms in total. The Labute approximate surface area is 159 Å². The van der Waals surface area contributed by atoms with Crippen molar-refractivity contribution >= 4 is 34.3 Å². The fraction of sp³-hybridized carbons (Fsp3) is 0.235. The van der Waals surface area contributed by atoms with Crippen LogP contribution >= 0.6 is 11.3 Å². The van der Waals surface area contributed by atoms with Crippen LogP contribution in [0.3, 0.4) is 0 Å². The van der Waals surface area contributed by atoms with Crippen LogP contribution in [0, 0.1) is 0 Å². The summed E-state index contributed by atoms with van der Waals surface area (Å²) in [4.78, 5) is 44.4. The van der Waals surface area contributed by atoms with Gasteiger partial charge < -0.3 is 21.3 Å². The first-order valence-corrected chi connectivity index (χ1v) is 9.08. The van der Waals surface area contributed by atoms with Crippen molar-refractivity contribution in [2.75, 3.05) is 11.9 Å². The summed E-state index contributed by atoms with van der Waals surface area (Å²) in [6, 6.07) is 2.51. The standard InChI is InChI=1S/C17H18N6O3S/c1-10-13(14(23-16(26)21-10)11-3-2-5-18-9-11)15(25)19-6-4-12(24)22-17-20-7-8-27-17/h2-3,5,7-9,14H,4,6H2,1H3,(H,19,25)(H,20,22,24)(H2,21,23,26)/t14-/m0/s1. The van der Waals surface area contributed by atoms with Gasteiger partial charge in [-0.05, 0) is 18.6 Å². The molecule has 0 bridgehead atoms. The zero-order valence-corrected chi connectivity index (χ0v) is 15.3. The highest BCUT2D eigenvalue weighted by Gasteiger charge is 2.31. The van der Waals surface area contributed by atoms with E-state index >= 15 is 0 Å². The molecule has 0 fully saturated rings. The minimum absolute atomic E-state index is 0.106. The number of carbonyl (C=O) groups is 3. The third-order valence-electron chi connectivity index (χ3n) is 3.85. The largest absolute Gasteiger partial charge is 0.352 e. The van der Waals surface area contributed by atoms with Crippen molar-refractivity contribution in [3.63, 3.8) is 0 Å². The molecule has 1 aliphatic heterocycles. The minimum atomic E-state index is -0.614. The first-order valence-electron chi connectivity index (χ1n) is 8.20. The number of nitrogens with one attached hydrogen (secondary N) is 4. The van der Waals surface area contributed by atoms with Crippen LogP contribution in [0.1, 0.15) is 24.9 Å². The second-order valence-corrected chi connectivity index (χ2v) is 6.64. The number of rotatable bonds is 6. The number of urea groups is 1. The van der Waals surface area contributed by atoms with E-state index in [1.807, 2.05) is 0 Å². The molecule has 2 aromatic heterocycles. The van der Waals surface area contributed by atoms with Gasteiger partial charge in [-0.1, -0.05) is 6.07 Å². The van der Waals surface area contributed by atoms with Crippen LogP contribution in [-0.4, -0.2) is 34.4 Å². The quantitative estimate of drug-likeness (QED) is 0.596. The molecule has 0 aromatic carbocycles. The lowest BCUT2D eigenvalue weighted by Crippen LogP contribution is -2.47. The predicted molar refractivity (Wildman–Crippen MR) is 99.7 cm³/mol. The van der Waals surface area contributed by atoms with Gasteiger partial charge in [-0.15, -0.1) is 11.3 Å². The maximum Gasteiger partial charge on any atom is 0.319 e. The van der Waals surface area contributed by atoms with Gasteiger partial charge in [0.05, 0.1) is 11.6 Å². The fourth-order valence-corrected chi connectivity index (χ4v) is 3.19. The molecule has 0 saturated carbocycles. The smallest absolute Gasteiger partial charge is 0.319 e. The summed E-state index contributed by atoms with van der Waals surface area (Å²) >= 11 is 1.32. The van der Waals surface area contributed by atoms with E-state index in [1.165, 1.54) is 11.3 Å². The Morgan fingerprint density at radius 1 is 1.33 bits per heavy atom. The van der Waals surface area contributed by atoms with Crippen molar-refractivity contribution in [3.8, 4) is 0 Å². The highest BCUT2D eigenvalue weighted by atomic mass is 32.1. The molecule has 10 heteroatoms. The maximum absolute atomic E-state index is 12.7. The summed E-state index contributed by atoms with van der Waals surface area (Å²) < 4.78 is 0. The molecule has 0 aliphatic carbocycles. The van der Waals surface area contributed by atoms with E-state index in [4.69, 9.17) is 0 Å². The number of aromatic nitrogens is 2. The average molecular weight is 386 g/mol. The molecule has 3 rings (SSSR count). The Bertz CT molecular complexity index is 866. The number of allylic oxidation sites excluding steroid dienone is 1. The van der Waals surface area contributed by atoms with Gasteiger partial charge in [0, 0.05) is 42.6 Å². The van der Waals surface area contributed by atoms with Crippen LogP contribution < -0.4 is 21.3 Å². The van der Waals surface area contributed by atoms with Crippen LogP contribution in [-0.2, 0) is 9.59 Å². The SMILES string of the molecule is CC1=C(C(=O)NCCC(=O)Nc2nccs2)[C@H](c2cccnc2)NC(=O)N1. The molecule has 2 aromatic rings. The molecular weight excluding hydrogens is 368 g/mol. The number of hydrogen-bond donors (Lipinski definition) is 4.